The number of amides is 2. The quantitative estimate of drug-likeness (QED) is 0.324. The number of carbonyl (C=O) groups is 2. The molecule has 1 saturated heterocycles. The Labute approximate surface area is 221 Å². The molecular formula is C32H28N4O2. The highest BCUT2D eigenvalue weighted by Crippen LogP contribution is 2.47. The fourth-order valence-electron chi connectivity index (χ4n) is 5.35. The van der Waals surface area contributed by atoms with Crippen molar-refractivity contribution in [2.75, 3.05) is 5.32 Å². The van der Waals surface area contributed by atoms with Crippen LogP contribution in [0.4, 0.5) is 5.69 Å². The molecule has 0 spiro atoms. The molecule has 6 rings (SSSR count). The van der Waals surface area contributed by atoms with E-state index in [2.05, 4.69) is 22.8 Å². The number of rotatable bonds is 7. The van der Waals surface area contributed by atoms with Crippen LogP contribution in [0.25, 0.3) is 0 Å². The SMILES string of the molecule is N=C1NC(c2ccccc2)(c2ccccc2)C(=O)N1Cc1ccc(NC(=O)[C@@H]2C[C@H]2c2ccccc2)cc1. The molecule has 4 aromatic carbocycles. The Hall–Kier alpha value is -4.71. The van der Waals surface area contributed by atoms with Crippen LogP contribution in [0, 0.1) is 11.3 Å². The van der Waals surface area contributed by atoms with Gasteiger partial charge in [-0.3, -0.25) is 19.9 Å². The van der Waals surface area contributed by atoms with Gasteiger partial charge in [0, 0.05) is 11.6 Å². The van der Waals surface area contributed by atoms with E-state index in [0.717, 1.165) is 28.8 Å². The monoisotopic (exact) mass is 500 g/mol. The molecule has 188 valence electrons. The van der Waals surface area contributed by atoms with E-state index < -0.39 is 5.54 Å². The maximum absolute atomic E-state index is 14.0. The average molecular weight is 501 g/mol. The summed E-state index contributed by atoms with van der Waals surface area (Å²) < 4.78 is 0. The molecule has 0 bridgehead atoms. The van der Waals surface area contributed by atoms with Crippen LogP contribution in [-0.4, -0.2) is 22.7 Å². The first-order valence-corrected chi connectivity index (χ1v) is 12.8. The Bertz CT molecular complexity index is 1430. The van der Waals surface area contributed by atoms with E-state index in [1.807, 2.05) is 103 Å². The van der Waals surface area contributed by atoms with Crippen LogP contribution in [0.15, 0.2) is 115 Å². The summed E-state index contributed by atoms with van der Waals surface area (Å²) in [6.45, 7) is 0.249. The maximum Gasteiger partial charge on any atom is 0.264 e. The van der Waals surface area contributed by atoms with E-state index in [4.69, 9.17) is 5.41 Å². The number of nitrogens with one attached hydrogen (secondary N) is 3. The summed E-state index contributed by atoms with van der Waals surface area (Å²) in [5.74, 6) is 0.168. The number of nitrogens with zero attached hydrogens (tertiary/aromatic N) is 1. The van der Waals surface area contributed by atoms with Crippen LogP contribution in [0.5, 0.6) is 0 Å². The van der Waals surface area contributed by atoms with Gasteiger partial charge < -0.3 is 10.6 Å². The Morgan fingerprint density at radius 2 is 1.39 bits per heavy atom. The topological polar surface area (TPSA) is 85.3 Å². The lowest BCUT2D eigenvalue weighted by Gasteiger charge is -2.28. The van der Waals surface area contributed by atoms with Crippen molar-refractivity contribution < 1.29 is 9.59 Å². The second-order valence-corrected chi connectivity index (χ2v) is 9.89. The van der Waals surface area contributed by atoms with Gasteiger partial charge in [-0.1, -0.05) is 103 Å². The van der Waals surface area contributed by atoms with Gasteiger partial charge in [-0.15, -0.1) is 0 Å². The van der Waals surface area contributed by atoms with E-state index in [9.17, 15) is 9.59 Å². The highest BCUT2D eigenvalue weighted by atomic mass is 16.2. The summed E-state index contributed by atoms with van der Waals surface area (Å²) in [5.41, 5.74) is 3.21. The van der Waals surface area contributed by atoms with Crippen molar-refractivity contribution in [2.24, 2.45) is 5.92 Å². The van der Waals surface area contributed by atoms with Crippen LogP contribution in [0.3, 0.4) is 0 Å². The fraction of sp³-hybridized carbons (Fsp3) is 0.156. The first-order chi connectivity index (χ1) is 18.6. The Morgan fingerprint density at radius 3 is 1.97 bits per heavy atom. The zero-order valence-corrected chi connectivity index (χ0v) is 20.8. The molecule has 2 fully saturated rings. The lowest BCUT2D eigenvalue weighted by molar-refractivity contribution is -0.130. The van der Waals surface area contributed by atoms with Gasteiger partial charge in [0.25, 0.3) is 5.91 Å². The van der Waals surface area contributed by atoms with Gasteiger partial charge in [-0.2, -0.15) is 0 Å². The third-order valence-corrected chi connectivity index (χ3v) is 7.47. The first kappa shape index (κ1) is 23.7. The number of hydrogen-bond acceptors (Lipinski definition) is 3. The van der Waals surface area contributed by atoms with Crippen molar-refractivity contribution in [3.05, 3.63) is 138 Å². The Morgan fingerprint density at radius 1 is 0.842 bits per heavy atom. The van der Waals surface area contributed by atoms with Crippen LogP contribution in [0.1, 0.15) is 34.6 Å². The predicted molar refractivity (Wildman–Crippen MR) is 147 cm³/mol. The normalized spacial score (nSPS) is 19.6. The van der Waals surface area contributed by atoms with E-state index in [1.54, 1.807) is 0 Å². The smallest absolute Gasteiger partial charge is 0.264 e. The van der Waals surface area contributed by atoms with Gasteiger partial charge in [0.2, 0.25) is 5.91 Å². The molecule has 3 N–H and O–H groups in total. The molecule has 1 aliphatic carbocycles. The summed E-state index contributed by atoms with van der Waals surface area (Å²) in [6.07, 6.45) is 0.866. The molecule has 2 amide bonds. The summed E-state index contributed by atoms with van der Waals surface area (Å²) in [5, 5.41) is 14.9. The highest BCUT2D eigenvalue weighted by molar-refractivity contribution is 6.10. The second-order valence-electron chi connectivity index (χ2n) is 9.89. The van der Waals surface area contributed by atoms with Crippen molar-refractivity contribution in [1.82, 2.24) is 10.2 Å². The molecule has 0 aromatic heterocycles. The van der Waals surface area contributed by atoms with Crippen molar-refractivity contribution in [3.63, 3.8) is 0 Å². The molecule has 0 radical (unpaired) electrons. The standard InChI is InChI=1S/C32H28N4O2/c33-31-35-32(24-12-6-2-7-13-24,25-14-8-3-9-15-25)30(38)36(31)21-22-16-18-26(19-17-22)34-29(37)28-20-27(28)23-10-4-1-5-11-23/h1-19,27-28H,20-21H2,(H2,33,35)(H,34,37)/t27-,28+/m0/s1. The van der Waals surface area contributed by atoms with Crippen LogP contribution >= 0.6 is 0 Å². The van der Waals surface area contributed by atoms with Gasteiger partial charge in [-0.05, 0) is 46.7 Å². The minimum atomic E-state index is -1.16. The molecule has 6 heteroatoms. The molecule has 6 nitrogen and oxygen atoms in total. The van der Waals surface area contributed by atoms with Crippen LogP contribution < -0.4 is 10.6 Å². The summed E-state index contributed by atoms with van der Waals surface area (Å²) in [6, 6.07) is 36.7. The predicted octanol–water partition coefficient (Wildman–Crippen LogP) is 5.24. The van der Waals surface area contributed by atoms with E-state index >= 15 is 0 Å². The molecule has 38 heavy (non-hydrogen) atoms. The number of anilines is 1. The molecule has 1 aliphatic heterocycles. The van der Waals surface area contributed by atoms with E-state index in [-0.39, 0.29) is 36.2 Å². The van der Waals surface area contributed by atoms with Crippen molar-refractivity contribution >= 4 is 23.5 Å². The molecular weight excluding hydrogens is 472 g/mol. The summed E-state index contributed by atoms with van der Waals surface area (Å²) in [4.78, 5) is 28.2. The zero-order valence-electron chi connectivity index (χ0n) is 20.8. The van der Waals surface area contributed by atoms with E-state index in [1.165, 1.54) is 10.5 Å². The molecule has 0 unspecified atom stereocenters. The Kier molecular flexibility index (Phi) is 6.00. The largest absolute Gasteiger partial charge is 0.334 e. The summed E-state index contributed by atoms with van der Waals surface area (Å²) >= 11 is 0. The number of hydrogen-bond donors (Lipinski definition) is 3. The third-order valence-electron chi connectivity index (χ3n) is 7.47. The second kappa shape index (κ2) is 9.63. The average Bonchev–Trinajstić information content (AvgIpc) is 3.73. The van der Waals surface area contributed by atoms with E-state index in [0.29, 0.717) is 0 Å². The zero-order chi connectivity index (χ0) is 26.1. The lowest BCUT2D eigenvalue weighted by Crippen LogP contribution is -2.45. The van der Waals surface area contributed by atoms with Gasteiger partial charge in [0.1, 0.15) is 0 Å². The fourth-order valence-corrected chi connectivity index (χ4v) is 5.35. The number of benzene rings is 4. The van der Waals surface area contributed by atoms with Crippen molar-refractivity contribution in [2.45, 2.75) is 24.4 Å². The molecule has 2 atom stereocenters. The minimum absolute atomic E-state index is 0.00468. The third kappa shape index (κ3) is 4.24. The van der Waals surface area contributed by atoms with Crippen LogP contribution in [-0.2, 0) is 21.7 Å². The van der Waals surface area contributed by atoms with Crippen LogP contribution in [0.2, 0.25) is 0 Å². The van der Waals surface area contributed by atoms with Crippen molar-refractivity contribution in [3.8, 4) is 0 Å². The molecule has 4 aromatic rings. The maximum atomic E-state index is 14.0. The minimum Gasteiger partial charge on any atom is -0.334 e. The molecule has 1 heterocycles. The lowest BCUT2D eigenvalue weighted by atomic mass is 9.82. The number of guanidine groups is 1. The highest BCUT2D eigenvalue weighted by Gasteiger charge is 2.52. The first-order valence-electron chi connectivity index (χ1n) is 12.8. The molecule has 1 saturated carbocycles. The van der Waals surface area contributed by atoms with Gasteiger partial charge in [-0.25, -0.2) is 0 Å². The van der Waals surface area contributed by atoms with Gasteiger partial charge >= 0.3 is 0 Å². The number of carbonyl (C=O) groups excluding carboxylic acids is 2. The van der Waals surface area contributed by atoms with Gasteiger partial charge in [0.15, 0.2) is 11.5 Å². The van der Waals surface area contributed by atoms with Gasteiger partial charge in [0.05, 0.1) is 6.54 Å². The Balaban J connectivity index is 1.17. The van der Waals surface area contributed by atoms with Crippen molar-refractivity contribution in [1.29, 1.82) is 5.41 Å². The summed E-state index contributed by atoms with van der Waals surface area (Å²) in [7, 11) is 0. The molecule has 2 aliphatic rings.